The van der Waals surface area contributed by atoms with Crippen LogP contribution in [0, 0.1) is 12.7 Å². The third kappa shape index (κ3) is 1.88. The smallest absolute Gasteiger partial charge is 0.344 e. The van der Waals surface area contributed by atoms with Crippen molar-refractivity contribution in [2.75, 3.05) is 0 Å². The fraction of sp³-hybridized carbons (Fsp3) is 0.125. The Labute approximate surface area is 90.7 Å². The maximum Gasteiger partial charge on any atom is 0.344 e. The van der Waals surface area contributed by atoms with Crippen LogP contribution in [0.3, 0.4) is 0 Å². The number of halogens is 2. The molecular formula is C8H7BrFO3P. The second kappa shape index (κ2) is 4.24. The molecule has 1 aromatic rings. The van der Waals surface area contributed by atoms with Crippen LogP contribution in [0.2, 0.25) is 0 Å². The minimum Gasteiger partial charge on any atom is -0.506 e. The molecule has 0 aliphatic heterocycles. The maximum absolute atomic E-state index is 13.2. The van der Waals surface area contributed by atoms with E-state index >= 15 is 0 Å². The van der Waals surface area contributed by atoms with Crippen molar-refractivity contribution in [3.63, 3.8) is 0 Å². The molecule has 1 N–H and O–H groups in total. The Morgan fingerprint density at radius 3 is 2.79 bits per heavy atom. The largest absolute Gasteiger partial charge is 0.506 e. The molecule has 0 aromatic heterocycles. The molecule has 6 heteroatoms. The van der Waals surface area contributed by atoms with E-state index in [9.17, 15) is 14.3 Å². The molecule has 0 saturated carbocycles. The molecular weight excluding hydrogens is 274 g/mol. The molecule has 76 valence electrons. The molecule has 0 saturated heterocycles. The SMILES string of the molecule is Cc1c(F)cc(Br)c(O)c1C(=O)OP. The number of phenols is 1. The molecule has 14 heavy (non-hydrogen) atoms. The van der Waals surface area contributed by atoms with Crippen LogP contribution in [-0.2, 0) is 4.52 Å². The Bertz CT molecular complexity index is 368. The Balaban J connectivity index is 3.47. The van der Waals surface area contributed by atoms with Gasteiger partial charge in [-0.05, 0) is 28.9 Å². The highest BCUT2D eigenvalue weighted by molar-refractivity contribution is 9.10. The van der Waals surface area contributed by atoms with Gasteiger partial charge in [-0.25, -0.2) is 9.18 Å². The highest BCUT2D eigenvalue weighted by Gasteiger charge is 2.20. The van der Waals surface area contributed by atoms with Gasteiger partial charge in [-0.15, -0.1) is 0 Å². The average molecular weight is 281 g/mol. The fourth-order valence-electron chi connectivity index (χ4n) is 1.01. The summed E-state index contributed by atoms with van der Waals surface area (Å²) in [5.74, 6) is -1.71. The first-order valence-corrected chi connectivity index (χ1v) is 4.84. The summed E-state index contributed by atoms with van der Waals surface area (Å²) in [7, 11) is 1.75. The van der Waals surface area contributed by atoms with Crippen LogP contribution in [-0.4, -0.2) is 11.1 Å². The summed E-state index contributed by atoms with van der Waals surface area (Å²) in [4.78, 5) is 11.2. The zero-order chi connectivity index (χ0) is 10.9. The van der Waals surface area contributed by atoms with Crippen LogP contribution < -0.4 is 0 Å². The molecule has 1 unspecified atom stereocenters. The zero-order valence-electron chi connectivity index (χ0n) is 7.17. The monoisotopic (exact) mass is 280 g/mol. The van der Waals surface area contributed by atoms with Gasteiger partial charge < -0.3 is 9.63 Å². The van der Waals surface area contributed by atoms with Crippen molar-refractivity contribution in [2.45, 2.75) is 6.92 Å². The summed E-state index contributed by atoms with van der Waals surface area (Å²) in [6, 6.07) is 1.09. The number of benzene rings is 1. The van der Waals surface area contributed by atoms with Crippen molar-refractivity contribution in [2.24, 2.45) is 0 Å². The van der Waals surface area contributed by atoms with Gasteiger partial charge in [0.15, 0.2) is 0 Å². The van der Waals surface area contributed by atoms with Crippen LogP contribution in [0.5, 0.6) is 5.75 Å². The summed E-state index contributed by atoms with van der Waals surface area (Å²) in [5.41, 5.74) is -0.120. The minimum absolute atomic E-state index is 0.0538. The van der Waals surface area contributed by atoms with Crippen LogP contribution in [0.25, 0.3) is 0 Å². The highest BCUT2D eigenvalue weighted by atomic mass is 79.9. The van der Waals surface area contributed by atoms with Gasteiger partial charge in [-0.3, -0.25) is 0 Å². The second-order valence-electron chi connectivity index (χ2n) is 2.59. The summed E-state index contributed by atoms with van der Waals surface area (Å²) in [6.45, 7) is 1.39. The van der Waals surface area contributed by atoms with Gasteiger partial charge in [0, 0.05) is 5.56 Å². The lowest BCUT2D eigenvalue weighted by molar-refractivity contribution is 0.0761. The van der Waals surface area contributed by atoms with E-state index in [-0.39, 0.29) is 21.3 Å². The Morgan fingerprint density at radius 1 is 1.71 bits per heavy atom. The summed E-state index contributed by atoms with van der Waals surface area (Å²) in [5, 5.41) is 9.48. The van der Waals surface area contributed by atoms with E-state index in [0.717, 1.165) is 6.07 Å². The fourth-order valence-corrected chi connectivity index (χ4v) is 1.53. The number of phenolic OH excluding ortho intramolecular Hbond substituents is 1. The number of aromatic hydroxyl groups is 1. The first-order valence-electron chi connectivity index (χ1n) is 3.57. The van der Waals surface area contributed by atoms with E-state index in [4.69, 9.17) is 0 Å². The van der Waals surface area contributed by atoms with Gasteiger partial charge in [0.25, 0.3) is 0 Å². The zero-order valence-corrected chi connectivity index (χ0v) is 9.92. The number of carbonyl (C=O) groups excluding carboxylic acids is 1. The van der Waals surface area contributed by atoms with Gasteiger partial charge >= 0.3 is 5.97 Å². The Hall–Kier alpha value is -0.670. The highest BCUT2D eigenvalue weighted by Crippen LogP contribution is 2.32. The predicted molar refractivity (Wildman–Crippen MR) is 55.6 cm³/mol. The van der Waals surface area contributed by atoms with Gasteiger partial charge in [0.05, 0.1) is 13.9 Å². The van der Waals surface area contributed by atoms with E-state index in [0.29, 0.717) is 0 Å². The van der Waals surface area contributed by atoms with E-state index in [1.807, 2.05) is 0 Å². The van der Waals surface area contributed by atoms with Crippen molar-refractivity contribution in [1.29, 1.82) is 0 Å². The molecule has 1 atom stereocenters. The van der Waals surface area contributed by atoms with Crippen molar-refractivity contribution in [3.05, 3.63) is 27.5 Å². The maximum atomic E-state index is 13.2. The lowest BCUT2D eigenvalue weighted by Gasteiger charge is -2.08. The van der Waals surface area contributed by atoms with Crippen LogP contribution in [0.1, 0.15) is 15.9 Å². The molecule has 0 aliphatic carbocycles. The van der Waals surface area contributed by atoms with Gasteiger partial charge in [-0.2, -0.15) is 0 Å². The van der Waals surface area contributed by atoms with Crippen LogP contribution in [0.4, 0.5) is 4.39 Å². The molecule has 0 aliphatic rings. The van der Waals surface area contributed by atoms with Gasteiger partial charge in [-0.1, -0.05) is 0 Å². The molecule has 1 aromatic carbocycles. The number of hydrogen-bond acceptors (Lipinski definition) is 3. The van der Waals surface area contributed by atoms with Crippen molar-refractivity contribution >= 4 is 31.4 Å². The van der Waals surface area contributed by atoms with E-state index < -0.39 is 11.8 Å². The third-order valence-electron chi connectivity index (χ3n) is 1.76. The first kappa shape index (κ1) is 11.4. The quantitative estimate of drug-likeness (QED) is 0.805. The lowest BCUT2D eigenvalue weighted by Crippen LogP contribution is -2.03. The first-order chi connectivity index (χ1) is 6.49. The molecule has 0 bridgehead atoms. The average Bonchev–Trinajstić information content (AvgIpc) is 2.15. The van der Waals surface area contributed by atoms with Crippen molar-refractivity contribution in [3.8, 4) is 5.75 Å². The normalized spacial score (nSPS) is 10.0. The number of carbonyl (C=O) groups is 1. The second-order valence-corrected chi connectivity index (χ2v) is 3.68. The molecule has 0 radical (unpaired) electrons. The van der Waals surface area contributed by atoms with Gasteiger partial charge in [0.1, 0.15) is 17.1 Å². The summed E-state index contributed by atoms with van der Waals surface area (Å²) >= 11 is 2.92. The lowest BCUT2D eigenvalue weighted by atomic mass is 10.1. The topological polar surface area (TPSA) is 46.5 Å². The number of hydrogen-bond donors (Lipinski definition) is 1. The molecule has 3 nitrogen and oxygen atoms in total. The summed E-state index contributed by atoms with van der Waals surface area (Å²) < 4.78 is 17.6. The van der Waals surface area contributed by atoms with E-state index in [1.54, 1.807) is 9.47 Å². The number of rotatable bonds is 1. The summed E-state index contributed by atoms with van der Waals surface area (Å²) in [6.07, 6.45) is 0. The minimum atomic E-state index is -0.801. The van der Waals surface area contributed by atoms with Crippen molar-refractivity contribution in [1.82, 2.24) is 0 Å². The Kier molecular flexibility index (Phi) is 3.45. The standard InChI is InChI=1S/C8H7BrFO3P/c1-3-5(10)2-4(9)7(11)6(3)8(12)13-14/h2,11H,14H2,1H3. The molecule has 0 fully saturated rings. The van der Waals surface area contributed by atoms with Crippen molar-refractivity contribution < 1.29 is 18.8 Å². The third-order valence-corrected chi connectivity index (χ3v) is 2.58. The van der Waals surface area contributed by atoms with E-state index in [1.165, 1.54) is 6.92 Å². The molecule has 0 heterocycles. The molecule has 1 rings (SSSR count). The molecule has 0 amide bonds. The molecule has 0 spiro atoms. The Morgan fingerprint density at radius 2 is 2.29 bits per heavy atom. The van der Waals surface area contributed by atoms with E-state index in [2.05, 4.69) is 20.5 Å². The van der Waals surface area contributed by atoms with Gasteiger partial charge in [0.2, 0.25) is 0 Å². The van der Waals surface area contributed by atoms with Crippen LogP contribution in [0.15, 0.2) is 10.5 Å². The predicted octanol–water partition coefficient (Wildman–Crippen LogP) is 2.55. The van der Waals surface area contributed by atoms with Crippen LogP contribution >= 0.6 is 25.4 Å².